The van der Waals surface area contributed by atoms with Gasteiger partial charge in [-0.2, -0.15) is 0 Å². The smallest absolute Gasteiger partial charge is 0.253 e. The molecule has 0 spiro atoms. The highest BCUT2D eigenvalue weighted by atomic mass is 16.2. The lowest BCUT2D eigenvalue weighted by atomic mass is 9.93. The average Bonchev–Trinajstić information content (AvgIpc) is 2.43. The van der Waals surface area contributed by atoms with Crippen molar-refractivity contribution < 1.29 is 9.59 Å². The fourth-order valence-electron chi connectivity index (χ4n) is 1.87. The van der Waals surface area contributed by atoms with Crippen molar-refractivity contribution in [3.05, 3.63) is 22.8 Å². The molecular weight excluding hydrogens is 166 g/mol. The molecule has 0 radical (unpaired) electrons. The second-order valence-corrected chi connectivity index (χ2v) is 3.44. The number of aldehydes is 1. The number of rotatable bonds is 1. The summed E-state index contributed by atoms with van der Waals surface area (Å²) in [5.74, 6) is 0.0500. The van der Waals surface area contributed by atoms with Gasteiger partial charge < -0.3 is 4.90 Å². The van der Waals surface area contributed by atoms with Crippen molar-refractivity contribution >= 4 is 12.2 Å². The van der Waals surface area contributed by atoms with Crippen LogP contribution in [0.4, 0.5) is 0 Å². The number of likely N-dealkylation sites (tertiary alicyclic amines) is 1. The zero-order chi connectivity index (χ0) is 9.42. The van der Waals surface area contributed by atoms with Gasteiger partial charge in [-0.05, 0) is 24.0 Å². The molecule has 1 aliphatic heterocycles. The lowest BCUT2D eigenvalue weighted by Gasteiger charge is -2.08. The van der Waals surface area contributed by atoms with Gasteiger partial charge in [0.2, 0.25) is 0 Å². The summed E-state index contributed by atoms with van der Waals surface area (Å²) in [7, 11) is 1.76. The minimum atomic E-state index is 0.0500. The molecule has 0 N–H and O–H groups in total. The van der Waals surface area contributed by atoms with E-state index >= 15 is 0 Å². The SMILES string of the molecule is CN1CC2=C(C=O)CCC=C2C1=O. The summed E-state index contributed by atoms with van der Waals surface area (Å²) in [5.41, 5.74) is 2.49. The van der Waals surface area contributed by atoms with Crippen molar-refractivity contribution in [1.82, 2.24) is 4.90 Å². The summed E-state index contributed by atoms with van der Waals surface area (Å²) in [6.07, 6.45) is 4.42. The van der Waals surface area contributed by atoms with Crippen molar-refractivity contribution in [3.8, 4) is 0 Å². The van der Waals surface area contributed by atoms with Gasteiger partial charge in [0.1, 0.15) is 6.29 Å². The number of carbonyl (C=O) groups is 2. The van der Waals surface area contributed by atoms with Crippen LogP contribution < -0.4 is 0 Å². The average molecular weight is 177 g/mol. The molecule has 0 saturated carbocycles. The van der Waals surface area contributed by atoms with Gasteiger partial charge in [-0.25, -0.2) is 0 Å². The molecule has 13 heavy (non-hydrogen) atoms. The van der Waals surface area contributed by atoms with E-state index in [1.54, 1.807) is 11.9 Å². The number of carbonyl (C=O) groups excluding carboxylic acids is 2. The zero-order valence-electron chi connectivity index (χ0n) is 7.54. The van der Waals surface area contributed by atoms with E-state index in [-0.39, 0.29) is 5.91 Å². The Morgan fingerprint density at radius 2 is 2.31 bits per heavy atom. The Morgan fingerprint density at radius 1 is 1.54 bits per heavy atom. The highest BCUT2D eigenvalue weighted by Gasteiger charge is 2.31. The maximum atomic E-state index is 11.5. The first kappa shape index (κ1) is 8.23. The Balaban J connectivity index is 2.48. The van der Waals surface area contributed by atoms with Crippen molar-refractivity contribution in [1.29, 1.82) is 0 Å². The summed E-state index contributed by atoms with van der Waals surface area (Å²) in [6, 6.07) is 0. The minimum Gasteiger partial charge on any atom is -0.337 e. The van der Waals surface area contributed by atoms with Gasteiger partial charge in [0.25, 0.3) is 5.91 Å². The molecule has 3 heteroatoms. The third-order valence-electron chi connectivity index (χ3n) is 2.59. The van der Waals surface area contributed by atoms with Crippen LogP contribution in [0.15, 0.2) is 22.8 Å². The molecule has 68 valence electrons. The maximum absolute atomic E-state index is 11.5. The Hall–Kier alpha value is -1.38. The van der Waals surface area contributed by atoms with E-state index in [1.165, 1.54) is 0 Å². The predicted octanol–water partition coefficient (Wildman–Crippen LogP) is 0.674. The van der Waals surface area contributed by atoms with Gasteiger partial charge >= 0.3 is 0 Å². The van der Waals surface area contributed by atoms with Gasteiger partial charge in [0, 0.05) is 19.2 Å². The Labute approximate surface area is 76.7 Å². The first-order valence-electron chi connectivity index (χ1n) is 4.37. The Kier molecular flexibility index (Phi) is 1.79. The first-order valence-corrected chi connectivity index (χ1v) is 4.37. The summed E-state index contributed by atoms with van der Waals surface area (Å²) < 4.78 is 0. The van der Waals surface area contributed by atoms with Crippen molar-refractivity contribution in [2.75, 3.05) is 13.6 Å². The standard InChI is InChI=1S/C10H11NO2/c1-11-5-9-7(6-12)3-2-4-8(9)10(11)13/h4,6H,2-3,5H2,1H3. The van der Waals surface area contributed by atoms with E-state index in [0.29, 0.717) is 6.54 Å². The van der Waals surface area contributed by atoms with Gasteiger partial charge in [0.05, 0.1) is 0 Å². The number of fused-ring (bicyclic) bond motifs is 1. The van der Waals surface area contributed by atoms with Gasteiger partial charge in [-0.15, -0.1) is 0 Å². The van der Waals surface area contributed by atoms with Gasteiger partial charge in [-0.1, -0.05) is 6.08 Å². The summed E-state index contributed by atoms with van der Waals surface area (Å²) >= 11 is 0. The van der Waals surface area contributed by atoms with Gasteiger partial charge in [0.15, 0.2) is 0 Å². The van der Waals surface area contributed by atoms with Crippen LogP contribution in [0.3, 0.4) is 0 Å². The normalized spacial score (nSPS) is 21.8. The van der Waals surface area contributed by atoms with Crippen LogP contribution in [-0.4, -0.2) is 30.7 Å². The number of hydrogen-bond donors (Lipinski definition) is 0. The number of amides is 1. The van der Waals surface area contributed by atoms with Crippen molar-refractivity contribution in [3.63, 3.8) is 0 Å². The quantitative estimate of drug-likeness (QED) is 0.552. The molecule has 0 aromatic rings. The molecule has 2 rings (SSSR count). The monoisotopic (exact) mass is 177 g/mol. The lowest BCUT2D eigenvalue weighted by molar-refractivity contribution is -0.123. The number of hydrogen-bond acceptors (Lipinski definition) is 2. The third-order valence-corrected chi connectivity index (χ3v) is 2.59. The molecule has 0 bridgehead atoms. The van der Waals surface area contributed by atoms with E-state index in [1.807, 2.05) is 6.08 Å². The molecule has 1 aliphatic carbocycles. The molecule has 0 aromatic heterocycles. The van der Waals surface area contributed by atoms with Crippen LogP contribution in [0.5, 0.6) is 0 Å². The Bertz CT molecular complexity index is 339. The predicted molar refractivity (Wildman–Crippen MR) is 48.0 cm³/mol. The highest BCUT2D eigenvalue weighted by Crippen LogP contribution is 2.30. The zero-order valence-corrected chi connectivity index (χ0v) is 7.54. The van der Waals surface area contributed by atoms with E-state index in [9.17, 15) is 9.59 Å². The van der Waals surface area contributed by atoms with E-state index in [4.69, 9.17) is 0 Å². The minimum absolute atomic E-state index is 0.0500. The van der Waals surface area contributed by atoms with Crippen LogP contribution in [0, 0.1) is 0 Å². The largest absolute Gasteiger partial charge is 0.337 e. The van der Waals surface area contributed by atoms with Crippen LogP contribution in [0.1, 0.15) is 12.8 Å². The lowest BCUT2D eigenvalue weighted by Crippen LogP contribution is -2.18. The third kappa shape index (κ3) is 1.11. The summed E-state index contributed by atoms with van der Waals surface area (Å²) in [4.78, 5) is 23.9. The second-order valence-electron chi connectivity index (χ2n) is 3.44. The van der Waals surface area contributed by atoms with Crippen LogP contribution >= 0.6 is 0 Å². The molecule has 1 saturated heterocycles. The van der Waals surface area contributed by atoms with E-state index in [2.05, 4.69) is 0 Å². The van der Waals surface area contributed by atoms with Crippen LogP contribution in [0.25, 0.3) is 0 Å². The fourth-order valence-corrected chi connectivity index (χ4v) is 1.87. The van der Waals surface area contributed by atoms with Crippen molar-refractivity contribution in [2.45, 2.75) is 12.8 Å². The number of likely N-dealkylation sites (N-methyl/N-ethyl adjacent to an activating group) is 1. The first-order chi connectivity index (χ1) is 6.24. The molecule has 0 atom stereocenters. The fraction of sp³-hybridized carbons (Fsp3) is 0.400. The van der Waals surface area contributed by atoms with E-state index < -0.39 is 0 Å². The van der Waals surface area contributed by atoms with Crippen molar-refractivity contribution in [2.24, 2.45) is 0 Å². The summed E-state index contributed by atoms with van der Waals surface area (Å²) in [5, 5.41) is 0. The van der Waals surface area contributed by atoms with E-state index in [0.717, 1.165) is 35.8 Å². The molecule has 0 aromatic carbocycles. The molecular formula is C10H11NO2. The number of allylic oxidation sites excluding steroid dienone is 2. The highest BCUT2D eigenvalue weighted by molar-refractivity contribution is 6.03. The Morgan fingerprint density at radius 3 is 3.00 bits per heavy atom. The molecule has 3 nitrogen and oxygen atoms in total. The number of nitrogens with zero attached hydrogens (tertiary/aromatic N) is 1. The topological polar surface area (TPSA) is 37.4 Å². The maximum Gasteiger partial charge on any atom is 0.253 e. The van der Waals surface area contributed by atoms with Crippen LogP contribution in [-0.2, 0) is 9.59 Å². The molecule has 1 amide bonds. The van der Waals surface area contributed by atoms with Gasteiger partial charge in [-0.3, -0.25) is 9.59 Å². The molecule has 0 unspecified atom stereocenters. The summed E-state index contributed by atoms with van der Waals surface area (Å²) in [6.45, 7) is 0.596. The second kappa shape index (κ2) is 2.83. The molecule has 1 fully saturated rings. The molecule has 2 aliphatic rings. The molecule has 1 heterocycles. The van der Waals surface area contributed by atoms with Crippen LogP contribution in [0.2, 0.25) is 0 Å².